The lowest BCUT2D eigenvalue weighted by Crippen LogP contribution is -2.39. The molecule has 0 saturated heterocycles. The molecule has 31 heavy (non-hydrogen) atoms. The number of aliphatic imine (C=N–C) groups is 1. The van der Waals surface area contributed by atoms with Crippen LogP contribution in [-0.4, -0.2) is 43.7 Å². The number of hydrogen-bond acceptors (Lipinski definition) is 8. The average molecular weight is 430 g/mol. The first-order valence-electron chi connectivity index (χ1n) is 9.84. The van der Waals surface area contributed by atoms with Gasteiger partial charge in [0.1, 0.15) is 5.92 Å². The maximum absolute atomic E-state index is 13.2. The molecule has 0 bridgehead atoms. The van der Waals surface area contributed by atoms with Crippen LogP contribution >= 0.6 is 0 Å². The van der Waals surface area contributed by atoms with Crippen LogP contribution in [0.1, 0.15) is 45.1 Å². The molecule has 3 rings (SSSR count). The largest absolute Gasteiger partial charge is 0.493 e. The number of nitrogens with zero attached hydrogens (tertiary/aromatic N) is 2. The highest BCUT2D eigenvalue weighted by Gasteiger charge is 2.48. The molecule has 0 fully saturated rings. The molecular formula is C22H26N2O7. The number of methoxy groups -OCH3 is 3. The van der Waals surface area contributed by atoms with E-state index in [1.807, 2.05) is 13.8 Å². The van der Waals surface area contributed by atoms with Gasteiger partial charge in [0.2, 0.25) is 0 Å². The number of rotatable bonds is 5. The summed E-state index contributed by atoms with van der Waals surface area (Å²) in [5.74, 6) is -2.23. The summed E-state index contributed by atoms with van der Waals surface area (Å²) in [5, 5.41) is 12.0. The maximum Gasteiger partial charge on any atom is 0.315 e. The summed E-state index contributed by atoms with van der Waals surface area (Å²) in [6.07, 6.45) is 0.781. The van der Waals surface area contributed by atoms with Crippen LogP contribution in [0.2, 0.25) is 0 Å². The van der Waals surface area contributed by atoms with Gasteiger partial charge >= 0.3 is 5.97 Å². The molecule has 1 aromatic rings. The molecule has 2 aliphatic rings. The summed E-state index contributed by atoms with van der Waals surface area (Å²) < 4.78 is 15.6. The molecule has 0 amide bonds. The normalized spacial score (nSPS) is 22.4. The minimum Gasteiger partial charge on any atom is -0.493 e. The minimum atomic E-state index is -0.967. The Labute approximate surface area is 180 Å². The molecule has 0 spiro atoms. The van der Waals surface area contributed by atoms with Crippen molar-refractivity contribution >= 4 is 23.2 Å². The van der Waals surface area contributed by atoms with Crippen molar-refractivity contribution in [2.24, 2.45) is 16.3 Å². The second-order valence-corrected chi connectivity index (χ2v) is 8.56. The van der Waals surface area contributed by atoms with Crippen molar-refractivity contribution in [1.29, 1.82) is 0 Å². The minimum absolute atomic E-state index is 0.175. The molecule has 1 heterocycles. The Kier molecular flexibility index (Phi) is 5.89. The van der Waals surface area contributed by atoms with Crippen molar-refractivity contribution in [2.75, 3.05) is 21.3 Å². The van der Waals surface area contributed by atoms with Crippen molar-refractivity contribution in [1.82, 2.24) is 0 Å². The van der Waals surface area contributed by atoms with Crippen LogP contribution in [0.25, 0.3) is 0 Å². The smallest absolute Gasteiger partial charge is 0.315 e. The van der Waals surface area contributed by atoms with Gasteiger partial charge in [-0.2, -0.15) is 0 Å². The van der Waals surface area contributed by atoms with E-state index in [1.165, 1.54) is 33.5 Å². The lowest BCUT2D eigenvalue weighted by molar-refractivity contribution is -0.385. The van der Waals surface area contributed by atoms with Crippen LogP contribution in [0, 0.1) is 21.4 Å². The predicted octanol–water partition coefficient (Wildman–Crippen LogP) is 3.60. The highest BCUT2D eigenvalue weighted by atomic mass is 16.6. The van der Waals surface area contributed by atoms with E-state index < -0.39 is 22.7 Å². The molecule has 0 radical (unpaired) electrons. The first kappa shape index (κ1) is 22.5. The second kappa shape index (κ2) is 8.13. The van der Waals surface area contributed by atoms with Crippen molar-refractivity contribution in [3.05, 3.63) is 39.1 Å². The fourth-order valence-electron chi connectivity index (χ4n) is 4.50. The number of ketones is 1. The fraction of sp³-hybridized carbons (Fsp3) is 0.500. The van der Waals surface area contributed by atoms with E-state index in [-0.39, 0.29) is 40.4 Å². The quantitative estimate of drug-likeness (QED) is 0.398. The summed E-state index contributed by atoms with van der Waals surface area (Å²) in [6.45, 7) is 5.62. The number of allylic oxidation sites excluding steroid dienone is 2. The van der Waals surface area contributed by atoms with Crippen LogP contribution < -0.4 is 9.47 Å². The third kappa shape index (κ3) is 3.92. The molecule has 1 aliphatic heterocycles. The Morgan fingerprint density at radius 2 is 1.77 bits per heavy atom. The zero-order chi connectivity index (χ0) is 23.1. The third-order valence-corrected chi connectivity index (χ3v) is 5.82. The van der Waals surface area contributed by atoms with Crippen molar-refractivity contribution in [3.8, 4) is 11.5 Å². The van der Waals surface area contributed by atoms with Gasteiger partial charge in [-0.1, -0.05) is 13.8 Å². The van der Waals surface area contributed by atoms with Gasteiger partial charge in [0.05, 0.1) is 32.3 Å². The van der Waals surface area contributed by atoms with Gasteiger partial charge in [-0.3, -0.25) is 24.7 Å². The van der Waals surface area contributed by atoms with Gasteiger partial charge in [-0.15, -0.1) is 0 Å². The van der Waals surface area contributed by atoms with Crippen LogP contribution in [0.3, 0.4) is 0 Å². The summed E-state index contributed by atoms with van der Waals surface area (Å²) in [7, 11) is 4.03. The van der Waals surface area contributed by atoms with E-state index in [0.29, 0.717) is 23.4 Å². The van der Waals surface area contributed by atoms with Crippen LogP contribution in [-0.2, 0) is 14.3 Å². The number of benzene rings is 1. The van der Waals surface area contributed by atoms with E-state index in [1.54, 1.807) is 6.92 Å². The summed E-state index contributed by atoms with van der Waals surface area (Å²) >= 11 is 0. The second-order valence-electron chi connectivity index (χ2n) is 8.56. The van der Waals surface area contributed by atoms with Gasteiger partial charge in [0, 0.05) is 34.9 Å². The zero-order valence-electron chi connectivity index (χ0n) is 18.5. The molecule has 1 aromatic carbocycles. The maximum atomic E-state index is 13.2. The van der Waals surface area contributed by atoms with Gasteiger partial charge in [0.25, 0.3) is 5.69 Å². The Morgan fingerprint density at radius 1 is 1.16 bits per heavy atom. The van der Waals surface area contributed by atoms with E-state index in [4.69, 9.17) is 14.2 Å². The highest BCUT2D eigenvalue weighted by molar-refractivity contribution is 6.09. The molecular weight excluding hydrogens is 404 g/mol. The summed E-state index contributed by atoms with van der Waals surface area (Å²) in [6, 6.07) is 2.72. The fourth-order valence-corrected chi connectivity index (χ4v) is 4.50. The van der Waals surface area contributed by atoms with E-state index in [2.05, 4.69) is 4.99 Å². The molecule has 0 aromatic heterocycles. The standard InChI is InChI=1S/C22H26N2O7/c1-11-18(21(26)31-6)19(20-13(23-11)9-22(2,3)10-15(20)25)12-7-16(29-4)17(30-5)8-14(12)24(27)28/h7-8,18-19H,9-10H2,1-6H3/t18?,19-/m0/s1. The van der Waals surface area contributed by atoms with Gasteiger partial charge in [-0.25, -0.2) is 0 Å². The molecule has 0 saturated carbocycles. The molecule has 0 N–H and O–H groups in total. The SMILES string of the molecule is COC(=O)C1C(C)=NC2=C(C(=O)CC(C)(C)C2)[C@H]1c1cc(OC)c(OC)cc1[N+](=O)[O-]. The Balaban J connectivity index is 2.35. The van der Waals surface area contributed by atoms with E-state index >= 15 is 0 Å². The van der Waals surface area contributed by atoms with Crippen molar-refractivity contribution < 1.29 is 28.7 Å². The molecule has 2 atom stereocenters. The molecule has 9 nitrogen and oxygen atoms in total. The number of ether oxygens (including phenoxy) is 3. The van der Waals surface area contributed by atoms with Crippen LogP contribution in [0.4, 0.5) is 5.69 Å². The monoisotopic (exact) mass is 430 g/mol. The number of Topliss-reactive ketones (excluding diaryl/α,β-unsaturated/α-hetero) is 1. The van der Waals surface area contributed by atoms with Crippen molar-refractivity contribution in [3.63, 3.8) is 0 Å². The number of hydrogen-bond donors (Lipinski definition) is 0. The number of esters is 1. The first-order valence-corrected chi connectivity index (χ1v) is 9.84. The van der Waals surface area contributed by atoms with E-state index in [0.717, 1.165) is 0 Å². The Bertz CT molecular complexity index is 1020. The van der Waals surface area contributed by atoms with Gasteiger partial charge in [0.15, 0.2) is 17.3 Å². The lowest BCUT2D eigenvalue weighted by Gasteiger charge is -2.38. The first-order chi connectivity index (χ1) is 14.5. The van der Waals surface area contributed by atoms with Crippen molar-refractivity contribution in [2.45, 2.75) is 39.5 Å². The van der Waals surface area contributed by atoms with Crippen LogP contribution in [0.5, 0.6) is 11.5 Å². The molecule has 1 aliphatic carbocycles. The summed E-state index contributed by atoms with van der Waals surface area (Å²) in [5.41, 5.74) is 0.962. The van der Waals surface area contributed by atoms with E-state index in [9.17, 15) is 19.7 Å². The third-order valence-electron chi connectivity index (χ3n) is 5.82. The molecule has 9 heteroatoms. The number of carbonyl (C=O) groups excluding carboxylic acids is 2. The highest BCUT2D eigenvalue weighted by Crippen LogP contribution is 2.51. The number of nitro benzene ring substituents is 1. The zero-order valence-corrected chi connectivity index (χ0v) is 18.5. The topological polar surface area (TPSA) is 117 Å². The Hall–Kier alpha value is -3.23. The molecule has 1 unspecified atom stereocenters. The lowest BCUT2D eigenvalue weighted by atomic mass is 9.66. The number of nitro groups is 1. The summed E-state index contributed by atoms with van der Waals surface area (Å²) in [4.78, 5) is 42.0. The Morgan fingerprint density at radius 3 is 2.32 bits per heavy atom. The molecule has 166 valence electrons. The van der Waals surface area contributed by atoms with Gasteiger partial charge < -0.3 is 14.2 Å². The average Bonchev–Trinajstić information content (AvgIpc) is 2.70. The van der Waals surface area contributed by atoms with Crippen LogP contribution in [0.15, 0.2) is 28.4 Å². The predicted molar refractivity (Wildman–Crippen MR) is 113 cm³/mol. The number of carbonyl (C=O) groups is 2. The van der Waals surface area contributed by atoms with Gasteiger partial charge in [-0.05, 0) is 24.8 Å².